The van der Waals surface area contributed by atoms with Crippen LogP contribution in [0.1, 0.15) is 62.6 Å². The molecule has 232 valence electrons. The summed E-state index contributed by atoms with van der Waals surface area (Å²) in [5, 5.41) is 14.7. The first-order valence-electron chi connectivity index (χ1n) is 15.4. The first-order chi connectivity index (χ1) is 20.9. The molecule has 2 unspecified atom stereocenters. The lowest BCUT2D eigenvalue weighted by molar-refractivity contribution is -0.134. The molecule has 1 aromatic heterocycles. The zero-order valence-corrected chi connectivity index (χ0v) is 25.6. The fourth-order valence-corrected chi connectivity index (χ4v) is 7.11. The summed E-state index contributed by atoms with van der Waals surface area (Å²) in [4.78, 5) is 46.6. The maximum Gasteiger partial charge on any atom is 0.234 e. The summed E-state index contributed by atoms with van der Waals surface area (Å²) in [7, 11) is 0. The molecule has 10 heteroatoms. The molecule has 2 N–H and O–H groups in total. The molecular formula is C34H40FN5O4. The molecule has 3 fully saturated rings. The number of likely N-dealkylation sites (tertiary alicyclic amines) is 1. The number of fused-ring (bicyclic) bond motifs is 1. The normalized spacial score (nSPS) is 24.4. The fraction of sp³-hybridized carbons (Fsp3) is 0.471. The molecule has 0 bridgehead atoms. The Balaban J connectivity index is 1.16. The zero-order chi connectivity index (χ0) is 31.2. The molecule has 2 atom stereocenters. The highest BCUT2D eigenvalue weighted by Gasteiger charge is 2.50. The number of imide groups is 1. The van der Waals surface area contributed by atoms with Gasteiger partial charge in [0.05, 0.1) is 17.0 Å². The van der Waals surface area contributed by atoms with Crippen molar-refractivity contribution in [1.29, 1.82) is 0 Å². The van der Waals surface area contributed by atoms with Crippen molar-refractivity contribution in [2.24, 2.45) is 5.41 Å². The maximum absolute atomic E-state index is 16.3. The summed E-state index contributed by atoms with van der Waals surface area (Å²) < 4.78 is 16.3. The topological polar surface area (TPSA) is 106 Å². The van der Waals surface area contributed by atoms with Gasteiger partial charge >= 0.3 is 0 Å². The Morgan fingerprint density at radius 1 is 1.07 bits per heavy atom. The predicted molar refractivity (Wildman–Crippen MR) is 165 cm³/mol. The van der Waals surface area contributed by atoms with Crippen molar-refractivity contribution in [3.05, 3.63) is 71.2 Å². The number of rotatable bonds is 5. The largest absolute Gasteiger partial charge is 0.384 e. The Bertz CT molecular complexity index is 1600. The number of pyridine rings is 1. The highest BCUT2D eigenvalue weighted by Crippen LogP contribution is 2.48. The summed E-state index contributed by atoms with van der Waals surface area (Å²) in [5.41, 5.74) is 1.50. The van der Waals surface area contributed by atoms with Crippen molar-refractivity contribution in [2.45, 2.75) is 58.1 Å². The van der Waals surface area contributed by atoms with E-state index in [1.54, 1.807) is 31.3 Å². The lowest BCUT2D eigenvalue weighted by atomic mass is 9.66. The number of nitrogens with one attached hydrogen (secondary N) is 1. The third-order valence-corrected chi connectivity index (χ3v) is 9.87. The van der Waals surface area contributed by atoms with Crippen LogP contribution in [0.4, 0.5) is 10.1 Å². The van der Waals surface area contributed by atoms with E-state index >= 15 is 4.39 Å². The highest BCUT2D eigenvalue weighted by molar-refractivity contribution is 6.01. The number of anilines is 1. The Hall–Kier alpha value is -3.89. The molecule has 0 aliphatic carbocycles. The lowest BCUT2D eigenvalue weighted by Gasteiger charge is -2.50. The third-order valence-electron chi connectivity index (χ3n) is 9.87. The number of piperazine rings is 1. The van der Waals surface area contributed by atoms with Gasteiger partial charge < -0.3 is 14.9 Å². The van der Waals surface area contributed by atoms with Gasteiger partial charge in [-0.05, 0) is 48.2 Å². The molecule has 3 amide bonds. The van der Waals surface area contributed by atoms with Gasteiger partial charge in [-0.25, -0.2) is 4.39 Å². The highest BCUT2D eigenvalue weighted by atomic mass is 19.1. The number of aliphatic hydroxyl groups is 1. The van der Waals surface area contributed by atoms with Gasteiger partial charge in [-0.1, -0.05) is 32.0 Å². The second-order valence-corrected chi connectivity index (χ2v) is 13.1. The van der Waals surface area contributed by atoms with Gasteiger partial charge in [0.2, 0.25) is 17.7 Å². The van der Waals surface area contributed by atoms with Gasteiger partial charge in [0.25, 0.3) is 0 Å². The van der Waals surface area contributed by atoms with Crippen LogP contribution in [0.5, 0.6) is 0 Å². The molecule has 4 heterocycles. The Labute approximate surface area is 257 Å². The Morgan fingerprint density at radius 2 is 1.80 bits per heavy atom. The average Bonchev–Trinajstić information content (AvgIpc) is 2.99. The van der Waals surface area contributed by atoms with E-state index < -0.39 is 28.7 Å². The molecule has 3 saturated heterocycles. The number of halogens is 1. The van der Waals surface area contributed by atoms with Crippen LogP contribution < -0.4 is 10.2 Å². The monoisotopic (exact) mass is 601 g/mol. The summed E-state index contributed by atoms with van der Waals surface area (Å²) in [6.45, 7) is 10.6. The minimum atomic E-state index is -1.40. The number of aromatic nitrogens is 1. The Kier molecular flexibility index (Phi) is 7.92. The maximum atomic E-state index is 16.3. The second-order valence-electron chi connectivity index (χ2n) is 13.1. The minimum absolute atomic E-state index is 0.121. The number of carbonyl (C=O) groups excluding carboxylic acids is 3. The Morgan fingerprint density at radius 3 is 2.45 bits per heavy atom. The number of nitrogens with zero attached hydrogens (tertiary/aromatic N) is 4. The summed E-state index contributed by atoms with van der Waals surface area (Å²) in [6.07, 6.45) is 2.51. The molecule has 3 aliphatic rings. The molecule has 0 radical (unpaired) electrons. The first kappa shape index (κ1) is 30.1. The fourth-order valence-electron chi connectivity index (χ4n) is 7.11. The number of hydrogen-bond donors (Lipinski definition) is 2. The van der Waals surface area contributed by atoms with Crippen LogP contribution in [0.25, 0.3) is 10.9 Å². The number of benzene rings is 2. The minimum Gasteiger partial charge on any atom is -0.384 e. The van der Waals surface area contributed by atoms with E-state index in [4.69, 9.17) is 0 Å². The summed E-state index contributed by atoms with van der Waals surface area (Å²) in [6, 6.07) is 13.5. The third kappa shape index (κ3) is 5.57. The van der Waals surface area contributed by atoms with Gasteiger partial charge in [0.1, 0.15) is 5.82 Å². The SMILES string of the molecule is CC(=O)N1CCN(c2ccc(CN3CCC(O)(c4ccc5ncc(C6CCC(=O)NC6=O)cc5c4F)C(C)(C)C3)cc2)CC1. The molecule has 6 rings (SSSR count). The van der Waals surface area contributed by atoms with Crippen LogP contribution in [0, 0.1) is 11.2 Å². The van der Waals surface area contributed by atoms with Crippen molar-refractivity contribution in [1.82, 2.24) is 20.1 Å². The van der Waals surface area contributed by atoms with Gasteiger partial charge in [-0.15, -0.1) is 0 Å². The summed E-state index contributed by atoms with van der Waals surface area (Å²) in [5.74, 6) is -1.67. The lowest BCUT2D eigenvalue weighted by Crippen LogP contribution is -2.55. The molecule has 44 heavy (non-hydrogen) atoms. The van der Waals surface area contributed by atoms with Crippen LogP contribution in [-0.4, -0.2) is 76.9 Å². The number of piperidine rings is 2. The molecule has 0 spiro atoms. The number of carbonyl (C=O) groups is 3. The van der Waals surface area contributed by atoms with Crippen molar-refractivity contribution in [3.63, 3.8) is 0 Å². The van der Waals surface area contributed by atoms with E-state index in [0.717, 1.165) is 38.4 Å². The van der Waals surface area contributed by atoms with E-state index in [0.29, 0.717) is 37.0 Å². The smallest absolute Gasteiger partial charge is 0.234 e. The van der Waals surface area contributed by atoms with E-state index in [9.17, 15) is 19.5 Å². The van der Waals surface area contributed by atoms with Crippen LogP contribution in [-0.2, 0) is 26.5 Å². The molecule has 3 aromatic rings. The second kappa shape index (κ2) is 11.6. The quantitative estimate of drug-likeness (QED) is 0.430. The zero-order valence-electron chi connectivity index (χ0n) is 25.6. The molecule has 0 saturated carbocycles. The van der Waals surface area contributed by atoms with Crippen LogP contribution in [0.3, 0.4) is 0 Å². The van der Waals surface area contributed by atoms with E-state index in [1.165, 1.54) is 5.56 Å². The van der Waals surface area contributed by atoms with Gasteiger partial charge in [0.15, 0.2) is 0 Å². The summed E-state index contributed by atoms with van der Waals surface area (Å²) >= 11 is 0. The molecular weight excluding hydrogens is 561 g/mol. The van der Waals surface area contributed by atoms with Crippen LogP contribution in [0.15, 0.2) is 48.7 Å². The number of amides is 3. The van der Waals surface area contributed by atoms with Gasteiger partial charge in [-0.3, -0.25) is 29.6 Å². The van der Waals surface area contributed by atoms with E-state index in [1.807, 2.05) is 18.7 Å². The standard InChI is InChI=1S/C34H40FN5O4/c1-22(41)39-14-16-40(17-15-39)25-6-4-23(5-7-25)20-38-13-12-34(44,33(2,3)21-38)28-9-10-29-27(31(28)35)18-24(19-36-29)26-8-11-30(42)37-32(26)43/h4-7,9-10,18-19,26,44H,8,11-17,20-21H2,1-3H3,(H,37,42,43). The van der Waals surface area contributed by atoms with Gasteiger partial charge in [-0.2, -0.15) is 0 Å². The first-order valence-corrected chi connectivity index (χ1v) is 15.4. The van der Waals surface area contributed by atoms with Crippen molar-refractivity contribution >= 4 is 34.3 Å². The van der Waals surface area contributed by atoms with E-state index in [-0.39, 0.29) is 29.2 Å². The van der Waals surface area contributed by atoms with Crippen LogP contribution in [0.2, 0.25) is 0 Å². The molecule has 2 aromatic carbocycles. The van der Waals surface area contributed by atoms with Crippen molar-refractivity contribution in [3.8, 4) is 0 Å². The molecule has 9 nitrogen and oxygen atoms in total. The van der Waals surface area contributed by atoms with Gasteiger partial charge in [0, 0.05) is 87.4 Å². The number of hydrogen-bond acceptors (Lipinski definition) is 7. The van der Waals surface area contributed by atoms with Crippen molar-refractivity contribution in [2.75, 3.05) is 44.2 Å². The molecule has 3 aliphatic heterocycles. The van der Waals surface area contributed by atoms with Crippen molar-refractivity contribution < 1.29 is 23.9 Å². The predicted octanol–water partition coefficient (Wildman–Crippen LogP) is 3.68. The van der Waals surface area contributed by atoms with Crippen LogP contribution >= 0.6 is 0 Å². The average molecular weight is 602 g/mol. The van der Waals surface area contributed by atoms with E-state index in [2.05, 4.69) is 44.4 Å².